The average molecular weight is 254 g/mol. The van der Waals surface area contributed by atoms with Gasteiger partial charge in [0.1, 0.15) is 17.3 Å². The summed E-state index contributed by atoms with van der Waals surface area (Å²) in [5.41, 5.74) is 0.898. The third-order valence-electron chi connectivity index (χ3n) is 2.27. The van der Waals surface area contributed by atoms with Crippen molar-refractivity contribution in [2.75, 3.05) is 11.9 Å². The van der Waals surface area contributed by atoms with Gasteiger partial charge in [0.05, 0.1) is 0 Å². The fraction of sp³-hybridized carbons (Fsp3) is 0.273. The fourth-order valence-corrected chi connectivity index (χ4v) is 2.21. The Morgan fingerprint density at radius 3 is 3.06 bits per heavy atom. The van der Waals surface area contributed by atoms with Gasteiger partial charge in [-0.3, -0.25) is 0 Å². The standard InChI is InChI=1S/C11H12ClN3S/c1-8-10(12)14-7-15-11(8)13-5-4-9-3-2-6-16-9/h2-3,6-7H,4-5H2,1H3,(H,13,14,15). The molecule has 0 aliphatic carbocycles. The summed E-state index contributed by atoms with van der Waals surface area (Å²) in [7, 11) is 0. The summed E-state index contributed by atoms with van der Waals surface area (Å²) in [5, 5.41) is 5.86. The van der Waals surface area contributed by atoms with Crippen molar-refractivity contribution in [2.45, 2.75) is 13.3 Å². The zero-order valence-electron chi connectivity index (χ0n) is 8.90. The van der Waals surface area contributed by atoms with Gasteiger partial charge in [0, 0.05) is 17.0 Å². The minimum atomic E-state index is 0.508. The molecule has 0 atom stereocenters. The molecule has 0 aliphatic rings. The molecule has 3 nitrogen and oxygen atoms in total. The van der Waals surface area contributed by atoms with E-state index in [1.54, 1.807) is 11.3 Å². The molecule has 0 aromatic carbocycles. The van der Waals surface area contributed by atoms with Crippen LogP contribution in [0.25, 0.3) is 0 Å². The molecule has 0 spiro atoms. The van der Waals surface area contributed by atoms with Crippen LogP contribution in [0.4, 0.5) is 5.82 Å². The Morgan fingerprint density at radius 2 is 2.31 bits per heavy atom. The largest absolute Gasteiger partial charge is 0.369 e. The van der Waals surface area contributed by atoms with Crippen LogP contribution >= 0.6 is 22.9 Å². The third kappa shape index (κ3) is 2.71. The Kier molecular flexibility index (Phi) is 3.74. The van der Waals surface area contributed by atoms with Crippen LogP contribution in [-0.2, 0) is 6.42 Å². The van der Waals surface area contributed by atoms with E-state index in [-0.39, 0.29) is 0 Å². The molecule has 0 fully saturated rings. The molecule has 0 radical (unpaired) electrons. The van der Waals surface area contributed by atoms with Crippen LogP contribution < -0.4 is 5.32 Å². The number of halogens is 1. The molecule has 0 bridgehead atoms. The monoisotopic (exact) mass is 253 g/mol. The van der Waals surface area contributed by atoms with Gasteiger partial charge in [-0.25, -0.2) is 9.97 Å². The maximum absolute atomic E-state index is 5.90. The van der Waals surface area contributed by atoms with Crippen molar-refractivity contribution in [1.29, 1.82) is 0 Å². The number of thiophene rings is 1. The number of anilines is 1. The zero-order chi connectivity index (χ0) is 11.4. The molecule has 5 heteroatoms. The minimum absolute atomic E-state index is 0.508. The number of aromatic nitrogens is 2. The lowest BCUT2D eigenvalue weighted by molar-refractivity contribution is 1.01. The Balaban J connectivity index is 1.92. The van der Waals surface area contributed by atoms with Crippen molar-refractivity contribution in [3.8, 4) is 0 Å². The molecule has 0 saturated heterocycles. The zero-order valence-corrected chi connectivity index (χ0v) is 10.5. The van der Waals surface area contributed by atoms with Crippen molar-refractivity contribution in [3.63, 3.8) is 0 Å². The van der Waals surface area contributed by atoms with Crippen molar-refractivity contribution in [3.05, 3.63) is 39.4 Å². The highest BCUT2D eigenvalue weighted by Crippen LogP contribution is 2.18. The molecule has 0 aliphatic heterocycles. The molecule has 84 valence electrons. The van der Waals surface area contributed by atoms with E-state index in [4.69, 9.17) is 11.6 Å². The van der Waals surface area contributed by atoms with E-state index < -0.39 is 0 Å². The Labute approximate surface area is 104 Å². The number of rotatable bonds is 4. The van der Waals surface area contributed by atoms with Gasteiger partial charge in [-0.15, -0.1) is 11.3 Å². The third-order valence-corrected chi connectivity index (χ3v) is 3.58. The lowest BCUT2D eigenvalue weighted by Crippen LogP contribution is -2.07. The summed E-state index contributed by atoms with van der Waals surface area (Å²) >= 11 is 7.67. The smallest absolute Gasteiger partial charge is 0.137 e. The van der Waals surface area contributed by atoms with Gasteiger partial charge in [-0.05, 0) is 24.8 Å². The summed E-state index contributed by atoms with van der Waals surface area (Å²) in [6.45, 7) is 2.77. The van der Waals surface area contributed by atoms with Crippen molar-refractivity contribution in [2.24, 2.45) is 0 Å². The predicted octanol–water partition coefficient (Wildman–Crippen LogP) is 3.15. The first-order valence-corrected chi connectivity index (χ1v) is 6.26. The van der Waals surface area contributed by atoms with Crippen LogP contribution in [0.1, 0.15) is 10.4 Å². The number of hydrogen-bond acceptors (Lipinski definition) is 4. The second kappa shape index (κ2) is 5.27. The van der Waals surface area contributed by atoms with Crippen LogP contribution in [-0.4, -0.2) is 16.5 Å². The predicted molar refractivity (Wildman–Crippen MR) is 68.3 cm³/mol. The minimum Gasteiger partial charge on any atom is -0.369 e. The van der Waals surface area contributed by atoms with E-state index in [0.29, 0.717) is 5.15 Å². The molecule has 0 unspecified atom stereocenters. The van der Waals surface area contributed by atoms with E-state index in [2.05, 4.69) is 32.8 Å². The maximum Gasteiger partial charge on any atom is 0.137 e. The highest BCUT2D eigenvalue weighted by atomic mass is 35.5. The molecule has 2 rings (SSSR count). The SMILES string of the molecule is Cc1c(Cl)ncnc1NCCc1cccs1. The molecular formula is C11H12ClN3S. The van der Waals surface area contributed by atoms with E-state index in [0.717, 1.165) is 24.3 Å². The highest BCUT2D eigenvalue weighted by molar-refractivity contribution is 7.09. The second-order valence-corrected chi connectivity index (χ2v) is 4.78. The van der Waals surface area contributed by atoms with Crippen LogP contribution in [0.15, 0.2) is 23.8 Å². The number of hydrogen-bond donors (Lipinski definition) is 1. The molecule has 16 heavy (non-hydrogen) atoms. The first-order valence-electron chi connectivity index (χ1n) is 5.00. The van der Waals surface area contributed by atoms with E-state index >= 15 is 0 Å². The summed E-state index contributed by atoms with van der Waals surface area (Å²) < 4.78 is 0. The lowest BCUT2D eigenvalue weighted by Gasteiger charge is -2.07. The van der Waals surface area contributed by atoms with Crippen LogP contribution in [0.3, 0.4) is 0 Å². The summed E-state index contributed by atoms with van der Waals surface area (Å²) in [6.07, 6.45) is 2.47. The van der Waals surface area contributed by atoms with Crippen LogP contribution in [0, 0.1) is 6.92 Å². The Morgan fingerprint density at radius 1 is 1.44 bits per heavy atom. The van der Waals surface area contributed by atoms with Gasteiger partial charge in [-0.1, -0.05) is 17.7 Å². The fourth-order valence-electron chi connectivity index (χ4n) is 1.37. The molecule has 2 aromatic heterocycles. The Bertz CT molecular complexity index is 456. The van der Waals surface area contributed by atoms with E-state index in [1.165, 1.54) is 11.2 Å². The molecule has 1 N–H and O–H groups in total. The number of nitrogens with one attached hydrogen (secondary N) is 1. The number of nitrogens with zero attached hydrogens (tertiary/aromatic N) is 2. The van der Waals surface area contributed by atoms with Crippen molar-refractivity contribution in [1.82, 2.24) is 9.97 Å². The van der Waals surface area contributed by atoms with Crippen LogP contribution in [0.5, 0.6) is 0 Å². The molecule has 0 amide bonds. The van der Waals surface area contributed by atoms with Gasteiger partial charge >= 0.3 is 0 Å². The lowest BCUT2D eigenvalue weighted by atomic mass is 10.3. The molecular weight excluding hydrogens is 242 g/mol. The topological polar surface area (TPSA) is 37.8 Å². The molecule has 2 aromatic rings. The summed E-state index contributed by atoms with van der Waals surface area (Å²) in [6, 6.07) is 4.19. The normalized spacial score (nSPS) is 10.4. The van der Waals surface area contributed by atoms with Crippen LogP contribution in [0.2, 0.25) is 5.15 Å². The van der Waals surface area contributed by atoms with Crippen molar-refractivity contribution >= 4 is 28.8 Å². The maximum atomic E-state index is 5.90. The van der Waals surface area contributed by atoms with Gasteiger partial charge in [0.15, 0.2) is 0 Å². The van der Waals surface area contributed by atoms with Gasteiger partial charge in [-0.2, -0.15) is 0 Å². The highest BCUT2D eigenvalue weighted by Gasteiger charge is 2.03. The second-order valence-electron chi connectivity index (χ2n) is 3.39. The Hall–Kier alpha value is -1.13. The van der Waals surface area contributed by atoms with Gasteiger partial charge in [0.2, 0.25) is 0 Å². The quantitative estimate of drug-likeness (QED) is 0.851. The van der Waals surface area contributed by atoms with Crippen molar-refractivity contribution < 1.29 is 0 Å². The molecule has 0 saturated carbocycles. The summed E-state index contributed by atoms with van der Waals surface area (Å²) in [4.78, 5) is 9.43. The molecule has 2 heterocycles. The van der Waals surface area contributed by atoms with E-state index in [1.807, 2.05) is 6.92 Å². The van der Waals surface area contributed by atoms with E-state index in [9.17, 15) is 0 Å². The van der Waals surface area contributed by atoms with Gasteiger partial charge in [0.25, 0.3) is 0 Å². The van der Waals surface area contributed by atoms with Gasteiger partial charge < -0.3 is 5.32 Å². The first-order chi connectivity index (χ1) is 7.77. The summed E-state index contributed by atoms with van der Waals surface area (Å²) in [5.74, 6) is 0.816. The first kappa shape index (κ1) is 11.4. The average Bonchev–Trinajstić information content (AvgIpc) is 2.77.